The van der Waals surface area contributed by atoms with Crippen LogP contribution in [0.2, 0.25) is 0 Å². The summed E-state index contributed by atoms with van der Waals surface area (Å²) in [6.45, 7) is 7.66. The fourth-order valence-electron chi connectivity index (χ4n) is 0.509. The molecule has 0 fully saturated rings. The van der Waals surface area contributed by atoms with Crippen LogP contribution in [0.4, 0.5) is 0 Å². The van der Waals surface area contributed by atoms with Crippen LogP contribution in [0.25, 0.3) is 0 Å². The second kappa shape index (κ2) is 3.85. The molecule has 0 aromatic rings. The molecule has 1 nitrogen and oxygen atoms in total. The molecule has 0 spiro atoms. The van der Waals surface area contributed by atoms with E-state index in [1.807, 2.05) is 0 Å². The van der Waals surface area contributed by atoms with Gasteiger partial charge in [0.2, 0.25) is 0 Å². The Labute approximate surface area is 45.5 Å². The first kappa shape index (κ1) is 6.67. The fourth-order valence-corrected chi connectivity index (χ4v) is 0.509. The molecule has 0 aliphatic carbocycles. The van der Waals surface area contributed by atoms with Gasteiger partial charge in [-0.1, -0.05) is 13.3 Å². The SMILES string of the molecule is C=N[C@H](C)CCC. The average Bonchev–Trinajstić information content (AvgIpc) is 1.68. The number of hydrogen-bond acceptors (Lipinski definition) is 1. The van der Waals surface area contributed by atoms with Gasteiger partial charge < -0.3 is 0 Å². The molecule has 0 bridgehead atoms. The second-order valence-electron chi connectivity index (χ2n) is 1.82. The number of nitrogens with zero attached hydrogens (tertiary/aromatic N) is 1. The Kier molecular flexibility index (Phi) is 3.67. The van der Waals surface area contributed by atoms with E-state index in [4.69, 9.17) is 0 Å². The third-order valence-electron chi connectivity index (χ3n) is 1.02. The van der Waals surface area contributed by atoms with Crippen LogP contribution in [0, 0.1) is 0 Å². The van der Waals surface area contributed by atoms with Gasteiger partial charge in [0.25, 0.3) is 0 Å². The van der Waals surface area contributed by atoms with Crippen LogP contribution in [0.15, 0.2) is 4.99 Å². The summed E-state index contributed by atoms with van der Waals surface area (Å²) in [7, 11) is 0. The van der Waals surface area contributed by atoms with Crippen molar-refractivity contribution in [3.63, 3.8) is 0 Å². The first-order valence-electron chi connectivity index (χ1n) is 2.77. The monoisotopic (exact) mass is 99.1 g/mol. The summed E-state index contributed by atoms with van der Waals surface area (Å²) < 4.78 is 0. The van der Waals surface area contributed by atoms with Crippen LogP contribution in [0.1, 0.15) is 26.7 Å². The first-order chi connectivity index (χ1) is 3.31. The average molecular weight is 99.2 g/mol. The van der Waals surface area contributed by atoms with Crippen LogP contribution in [0.3, 0.4) is 0 Å². The van der Waals surface area contributed by atoms with Gasteiger partial charge in [-0.3, -0.25) is 4.99 Å². The summed E-state index contributed by atoms with van der Waals surface area (Å²) in [6, 6.07) is 0.463. The molecule has 0 aliphatic heterocycles. The highest BCUT2D eigenvalue weighted by atomic mass is 14.7. The third kappa shape index (κ3) is 3.50. The van der Waals surface area contributed by atoms with Gasteiger partial charge in [0.15, 0.2) is 0 Å². The molecular weight excluding hydrogens is 86.1 g/mol. The van der Waals surface area contributed by atoms with Crippen LogP contribution in [-0.4, -0.2) is 12.8 Å². The van der Waals surface area contributed by atoms with Gasteiger partial charge in [0.1, 0.15) is 0 Å². The Bertz CT molecular complexity index is 50.1. The molecule has 0 unspecified atom stereocenters. The minimum atomic E-state index is 0.463. The zero-order valence-corrected chi connectivity index (χ0v) is 5.15. The van der Waals surface area contributed by atoms with Gasteiger partial charge in [-0.05, 0) is 20.1 Å². The molecule has 0 saturated carbocycles. The van der Waals surface area contributed by atoms with Crippen LogP contribution in [0.5, 0.6) is 0 Å². The molecular formula is C6H13N. The summed E-state index contributed by atoms with van der Waals surface area (Å²) in [5.41, 5.74) is 0. The predicted octanol–water partition coefficient (Wildman–Crippen LogP) is 1.88. The Balaban J connectivity index is 2.98. The van der Waals surface area contributed by atoms with E-state index in [0.29, 0.717) is 6.04 Å². The first-order valence-corrected chi connectivity index (χ1v) is 2.77. The highest BCUT2D eigenvalue weighted by Crippen LogP contribution is 1.96. The highest BCUT2D eigenvalue weighted by molar-refractivity contribution is 5.23. The molecule has 0 aromatic heterocycles. The van der Waals surface area contributed by atoms with E-state index in [0.717, 1.165) is 0 Å². The van der Waals surface area contributed by atoms with Crippen molar-refractivity contribution in [3.8, 4) is 0 Å². The Morgan fingerprint density at radius 3 is 2.43 bits per heavy atom. The van der Waals surface area contributed by atoms with E-state index in [9.17, 15) is 0 Å². The Morgan fingerprint density at radius 1 is 1.71 bits per heavy atom. The molecule has 1 heteroatoms. The molecule has 0 rings (SSSR count). The summed E-state index contributed by atoms with van der Waals surface area (Å²) in [5.74, 6) is 0. The van der Waals surface area contributed by atoms with Crippen molar-refractivity contribution in [1.29, 1.82) is 0 Å². The van der Waals surface area contributed by atoms with Gasteiger partial charge in [-0.25, -0.2) is 0 Å². The molecule has 0 saturated heterocycles. The molecule has 0 aliphatic rings. The van der Waals surface area contributed by atoms with Crippen molar-refractivity contribution in [3.05, 3.63) is 0 Å². The third-order valence-corrected chi connectivity index (χ3v) is 1.02. The lowest BCUT2D eigenvalue weighted by molar-refractivity contribution is 0.659. The lowest BCUT2D eigenvalue weighted by Crippen LogP contribution is -1.93. The molecule has 0 heterocycles. The summed E-state index contributed by atoms with van der Waals surface area (Å²) in [5, 5.41) is 0. The van der Waals surface area contributed by atoms with E-state index in [1.54, 1.807) is 0 Å². The van der Waals surface area contributed by atoms with Crippen LogP contribution in [-0.2, 0) is 0 Å². The Hall–Kier alpha value is -0.330. The normalized spacial score (nSPS) is 13.4. The van der Waals surface area contributed by atoms with Crippen LogP contribution < -0.4 is 0 Å². The van der Waals surface area contributed by atoms with E-state index in [-0.39, 0.29) is 0 Å². The van der Waals surface area contributed by atoms with E-state index in [1.165, 1.54) is 12.8 Å². The molecule has 42 valence electrons. The molecule has 0 radical (unpaired) electrons. The van der Waals surface area contributed by atoms with Crippen molar-refractivity contribution in [2.24, 2.45) is 4.99 Å². The van der Waals surface area contributed by atoms with Crippen molar-refractivity contribution >= 4 is 6.72 Å². The number of aliphatic imine (C=N–C) groups is 1. The van der Waals surface area contributed by atoms with Crippen molar-refractivity contribution < 1.29 is 0 Å². The van der Waals surface area contributed by atoms with E-state index in [2.05, 4.69) is 25.6 Å². The molecule has 1 atom stereocenters. The maximum Gasteiger partial charge on any atom is 0.0464 e. The second-order valence-corrected chi connectivity index (χ2v) is 1.82. The highest BCUT2D eigenvalue weighted by Gasteiger charge is 1.90. The minimum Gasteiger partial charge on any atom is -0.298 e. The van der Waals surface area contributed by atoms with Gasteiger partial charge >= 0.3 is 0 Å². The standard InChI is InChI=1S/C6H13N/c1-4-5-6(2)7-3/h6H,3-5H2,1-2H3/t6-/m1/s1. The zero-order valence-electron chi connectivity index (χ0n) is 5.15. The maximum absolute atomic E-state index is 3.83. The van der Waals surface area contributed by atoms with Gasteiger partial charge in [-0.2, -0.15) is 0 Å². The van der Waals surface area contributed by atoms with Gasteiger partial charge in [0.05, 0.1) is 0 Å². The van der Waals surface area contributed by atoms with Crippen molar-refractivity contribution in [1.82, 2.24) is 0 Å². The molecule has 7 heavy (non-hydrogen) atoms. The smallest absolute Gasteiger partial charge is 0.0464 e. The fraction of sp³-hybridized carbons (Fsp3) is 0.833. The summed E-state index contributed by atoms with van der Waals surface area (Å²) in [4.78, 5) is 3.83. The van der Waals surface area contributed by atoms with Gasteiger partial charge in [0, 0.05) is 6.04 Å². The summed E-state index contributed by atoms with van der Waals surface area (Å²) in [6.07, 6.45) is 2.38. The topological polar surface area (TPSA) is 12.4 Å². The Morgan fingerprint density at radius 2 is 2.29 bits per heavy atom. The lowest BCUT2D eigenvalue weighted by Gasteiger charge is -1.98. The number of hydrogen-bond donors (Lipinski definition) is 0. The van der Waals surface area contributed by atoms with E-state index >= 15 is 0 Å². The van der Waals surface area contributed by atoms with E-state index < -0.39 is 0 Å². The van der Waals surface area contributed by atoms with Crippen molar-refractivity contribution in [2.75, 3.05) is 0 Å². The lowest BCUT2D eigenvalue weighted by atomic mass is 10.2. The van der Waals surface area contributed by atoms with Crippen molar-refractivity contribution in [2.45, 2.75) is 32.7 Å². The molecule has 0 N–H and O–H groups in total. The zero-order chi connectivity index (χ0) is 5.70. The summed E-state index contributed by atoms with van der Waals surface area (Å²) >= 11 is 0. The largest absolute Gasteiger partial charge is 0.298 e. The quantitative estimate of drug-likeness (QED) is 0.479. The maximum atomic E-state index is 3.83. The molecule has 0 aromatic carbocycles. The van der Waals surface area contributed by atoms with Gasteiger partial charge in [-0.15, -0.1) is 0 Å². The molecule has 0 amide bonds. The van der Waals surface area contributed by atoms with Crippen LogP contribution >= 0.6 is 0 Å². The minimum absolute atomic E-state index is 0.463. The predicted molar refractivity (Wildman–Crippen MR) is 33.9 cm³/mol. The number of rotatable bonds is 3.